The van der Waals surface area contributed by atoms with Crippen molar-refractivity contribution in [2.24, 2.45) is 0 Å². The van der Waals surface area contributed by atoms with Crippen molar-refractivity contribution in [1.82, 2.24) is 10.2 Å². The molecule has 1 N–H and O–H groups in total. The van der Waals surface area contributed by atoms with Gasteiger partial charge in [0.2, 0.25) is 5.91 Å². The molecule has 2 fully saturated rings. The van der Waals surface area contributed by atoms with Crippen molar-refractivity contribution >= 4 is 5.91 Å². The highest BCUT2D eigenvalue weighted by atomic mass is 16.5. The van der Waals surface area contributed by atoms with Crippen LogP contribution < -0.4 is 5.32 Å². The molecule has 0 aromatic rings. The second kappa shape index (κ2) is 6.36. The van der Waals surface area contributed by atoms with Gasteiger partial charge in [-0.25, -0.2) is 0 Å². The van der Waals surface area contributed by atoms with Crippen molar-refractivity contribution in [2.75, 3.05) is 26.2 Å². The van der Waals surface area contributed by atoms with Gasteiger partial charge in [-0.05, 0) is 39.2 Å². The molecule has 0 aromatic heterocycles. The van der Waals surface area contributed by atoms with Crippen LogP contribution in [0.4, 0.5) is 0 Å². The molecule has 0 spiro atoms. The zero-order valence-corrected chi connectivity index (χ0v) is 10.8. The number of amides is 1. The van der Waals surface area contributed by atoms with Gasteiger partial charge in [0.05, 0.1) is 12.6 Å². The van der Waals surface area contributed by atoms with E-state index in [1.165, 1.54) is 19.3 Å². The number of carbonyl (C=O) groups is 1. The van der Waals surface area contributed by atoms with Gasteiger partial charge in [-0.2, -0.15) is 0 Å². The molecule has 1 amide bonds. The van der Waals surface area contributed by atoms with Gasteiger partial charge in [0.25, 0.3) is 0 Å². The predicted molar refractivity (Wildman–Crippen MR) is 66.9 cm³/mol. The number of hydrogen-bond donors (Lipinski definition) is 1. The number of likely N-dealkylation sites (tertiary alicyclic amines) is 1. The largest absolute Gasteiger partial charge is 0.376 e. The highest BCUT2D eigenvalue weighted by Gasteiger charge is 2.21. The van der Waals surface area contributed by atoms with Crippen LogP contribution in [0.25, 0.3) is 0 Å². The number of piperidine rings is 1. The molecular formula is C13H24N2O2. The van der Waals surface area contributed by atoms with E-state index in [-0.39, 0.29) is 12.0 Å². The minimum absolute atomic E-state index is 0.147. The topological polar surface area (TPSA) is 41.6 Å². The molecule has 0 unspecified atom stereocenters. The number of nitrogens with zero attached hydrogens (tertiary/aromatic N) is 1. The molecule has 2 aliphatic heterocycles. The van der Waals surface area contributed by atoms with Crippen LogP contribution in [0.2, 0.25) is 0 Å². The van der Waals surface area contributed by atoms with E-state index >= 15 is 0 Å². The average molecular weight is 240 g/mol. The van der Waals surface area contributed by atoms with Gasteiger partial charge in [-0.15, -0.1) is 0 Å². The van der Waals surface area contributed by atoms with Gasteiger partial charge < -0.3 is 10.1 Å². The Morgan fingerprint density at radius 1 is 1.35 bits per heavy atom. The fourth-order valence-corrected chi connectivity index (χ4v) is 2.67. The summed E-state index contributed by atoms with van der Waals surface area (Å²) in [4.78, 5) is 14.1. The summed E-state index contributed by atoms with van der Waals surface area (Å²) in [6.45, 7) is 5.36. The van der Waals surface area contributed by atoms with Crippen molar-refractivity contribution in [3.8, 4) is 0 Å². The SMILES string of the molecule is C[C@@H]1CCCCN1CC(=O)NC[C@H]1CCCO1. The summed E-state index contributed by atoms with van der Waals surface area (Å²) in [7, 11) is 0. The normalized spacial score (nSPS) is 30.4. The first-order valence-electron chi connectivity index (χ1n) is 6.88. The molecule has 2 atom stereocenters. The Balaban J connectivity index is 1.65. The van der Waals surface area contributed by atoms with Crippen LogP contribution in [-0.2, 0) is 9.53 Å². The maximum atomic E-state index is 11.8. The fourth-order valence-electron chi connectivity index (χ4n) is 2.67. The number of hydrogen-bond acceptors (Lipinski definition) is 3. The average Bonchev–Trinajstić information content (AvgIpc) is 2.82. The molecule has 4 heteroatoms. The summed E-state index contributed by atoms with van der Waals surface area (Å²) in [5.41, 5.74) is 0. The summed E-state index contributed by atoms with van der Waals surface area (Å²) < 4.78 is 5.49. The van der Waals surface area contributed by atoms with E-state index in [0.29, 0.717) is 19.1 Å². The quantitative estimate of drug-likeness (QED) is 0.801. The molecule has 0 bridgehead atoms. The lowest BCUT2D eigenvalue weighted by Gasteiger charge is -2.32. The molecule has 2 saturated heterocycles. The molecule has 2 rings (SSSR count). The van der Waals surface area contributed by atoms with Crippen molar-refractivity contribution in [3.05, 3.63) is 0 Å². The monoisotopic (exact) mass is 240 g/mol. The lowest BCUT2D eigenvalue weighted by molar-refractivity contribution is -0.123. The van der Waals surface area contributed by atoms with Crippen LogP contribution in [0.1, 0.15) is 39.0 Å². The molecule has 98 valence electrons. The summed E-state index contributed by atoms with van der Waals surface area (Å²) in [6.07, 6.45) is 6.21. The predicted octanol–water partition coefficient (Wildman–Crippen LogP) is 1.16. The minimum atomic E-state index is 0.147. The molecule has 0 radical (unpaired) electrons. The molecular weight excluding hydrogens is 216 g/mol. The van der Waals surface area contributed by atoms with E-state index in [9.17, 15) is 4.79 Å². The van der Waals surface area contributed by atoms with E-state index < -0.39 is 0 Å². The molecule has 0 aromatic carbocycles. The molecule has 4 nitrogen and oxygen atoms in total. The summed E-state index contributed by atoms with van der Waals surface area (Å²) in [5, 5.41) is 2.99. The van der Waals surface area contributed by atoms with E-state index in [2.05, 4.69) is 17.1 Å². The van der Waals surface area contributed by atoms with Crippen molar-refractivity contribution < 1.29 is 9.53 Å². The van der Waals surface area contributed by atoms with Gasteiger partial charge in [-0.3, -0.25) is 9.69 Å². The van der Waals surface area contributed by atoms with Crippen LogP contribution in [0, 0.1) is 0 Å². The summed E-state index contributed by atoms with van der Waals surface area (Å²) >= 11 is 0. The first kappa shape index (κ1) is 12.8. The second-order valence-electron chi connectivity index (χ2n) is 5.25. The maximum absolute atomic E-state index is 11.8. The zero-order chi connectivity index (χ0) is 12.1. The highest BCUT2D eigenvalue weighted by molar-refractivity contribution is 5.78. The Hall–Kier alpha value is -0.610. The Bertz CT molecular complexity index is 252. The highest BCUT2D eigenvalue weighted by Crippen LogP contribution is 2.15. The third-order valence-electron chi connectivity index (χ3n) is 3.84. The number of carbonyl (C=O) groups excluding carboxylic acids is 1. The number of nitrogens with one attached hydrogen (secondary N) is 1. The lowest BCUT2D eigenvalue weighted by atomic mass is 10.0. The number of rotatable bonds is 4. The van der Waals surface area contributed by atoms with Gasteiger partial charge in [0, 0.05) is 19.2 Å². The van der Waals surface area contributed by atoms with Crippen molar-refractivity contribution in [3.63, 3.8) is 0 Å². The third-order valence-corrected chi connectivity index (χ3v) is 3.84. The van der Waals surface area contributed by atoms with Gasteiger partial charge in [0.1, 0.15) is 0 Å². The molecule has 2 heterocycles. The van der Waals surface area contributed by atoms with Crippen molar-refractivity contribution in [1.29, 1.82) is 0 Å². The Kier molecular flexibility index (Phi) is 4.80. The van der Waals surface area contributed by atoms with E-state index in [1.807, 2.05) is 0 Å². The lowest BCUT2D eigenvalue weighted by Crippen LogP contribution is -2.45. The first-order chi connectivity index (χ1) is 8.25. The smallest absolute Gasteiger partial charge is 0.234 e. The Morgan fingerprint density at radius 2 is 2.24 bits per heavy atom. The van der Waals surface area contributed by atoms with Crippen LogP contribution >= 0.6 is 0 Å². The third kappa shape index (κ3) is 3.96. The van der Waals surface area contributed by atoms with Crippen molar-refractivity contribution in [2.45, 2.75) is 51.2 Å². The molecule has 0 saturated carbocycles. The Labute approximate surface area is 104 Å². The fraction of sp³-hybridized carbons (Fsp3) is 0.923. The van der Waals surface area contributed by atoms with Gasteiger partial charge >= 0.3 is 0 Å². The molecule has 2 aliphatic rings. The van der Waals surface area contributed by atoms with Gasteiger partial charge in [0.15, 0.2) is 0 Å². The van der Waals surface area contributed by atoms with Crippen LogP contribution in [0.15, 0.2) is 0 Å². The summed E-state index contributed by atoms with van der Waals surface area (Å²) in [6, 6.07) is 0.553. The standard InChI is InChI=1S/C13H24N2O2/c1-11-5-2-3-7-15(11)10-13(16)14-9-12-6-4-8-17-12/h11-12H,2-10H2,1H3,(H,14,16)/t11-,12-/m1/s1. The number of ether oxygens (including phenoxy) is 1. The maximum Gasteiger partial charge on any atom is 0.234 e. The second-order valence-corrected chi connectivity index (χ2v) is 5.25. The van der Waals surface area contributed by atoms with Crippen LogP contribution in [0.3, 0.4) is 0 Å². The van der Waals surface area contributed by atoms with E-state index in [4.69, 9.17) is 4.74 Å². The zero-order valence-electron chi connectivity index (χ0n) is 10.8. The van der Waals surface area contributed by atoms with Gasteiger partial charge in [-0.1, -0.05) is 6.42 Å². The van der Waals surface area contributed by atoms with Crippen LogP contribution in [0.5, 0.6) is 0 Å². The molecule has 17 heavy (non-hydrogen) atoms. The Morgan fingerprint density at radius 3 is 2.94 bits per heavy atom. The molecule has 0 aliphatic carbocycles. The van der Waals surface area contributed by atoms with E-state index in [0.717, 1.165) is 26.0 Å². The minimum Gasteiger partial charge on any atom is -0.376 e. The summed E-state index contributed by atoms with van der Waals surface area (Å²) in [5.74, 6) is 0.147. The van der Waals surface area contributed by atoms with Crippen LogP contribution in [-0.4, -0.2) is 49.2 Å². The first-order valence-corrected chi connectivity index (χ1v) is 6.88. The van der Waals surface area contributed by atoms with E-state index in [1.54, 1.807) is 0 Å².